The molecule has 0 spiro atoms. The maximum absolute atomic E-state index is 5.96. The number of rotatable bonds is 7. The van der Waals surface area contributed by atoms with Crippen molar-refractivity contribution in [2.24, 2.45) is 5.92 Å². The summed E-state index contributed by atoms with van der Waals surface area (Å²) >= 11 is 2.05. The minimum absolute atomic E-state index is 0.516. The molecule has 1 aromatic rings. The van der Waals surface area contributed by atoms with Gasteiger partial charge in [0, 0.05) is 11.3 Å². The molecule has 0 saturated heterocycles. The van der Waals surface area contributed by atoms with Crippen LogP contribution in [0, 0.1) is 5.92 Å². The molecule has 5 heteroatoms. The molecule has 3 rings (SSSR count). The van der Waals surface area contributed by atoms with E-state index in [2.05, 4.69) is 17.2 Å². The first-order valence-electron chi connectivity index (χ1n) is 8.03. The van der Waals surface area contributed by atoms with Crippen molar-refractivity contribution in [2.75, 3.05) is 23.4 Å². The summed E-state index contributed by atoms with van der Waals surface area (Å²) in [6.07, 6.45) is 6.37. The van der Waals surface area contributed by atoms with Crippen molar-refractivity contribution in [2.45, 2.75) is 50.3 Å². The minimum atomic E-state index is 0.516. The van der Waals surface area contributed by atoms with E-state index in [0.717, 1.165) is 12.4 Å². The van der Waals surface area contributed by atoms with E-state index in [9.17, 15) is 0 Å². The summed E-state index contributed by atoms with van der Waals surface area (Å²) in [5, 5.41) is 4.28. The molecule has 1 aromatic heterocycles. The SMILES string of the molecule is CCSC1CCCC1Nc1ccc(N)c(OCC2CC2)n1. The number of ether oxygens (including phenoxy) is 1. The third-order valence-electron chi connectivity index (χ3n) is 4.21. The van der Waals surface area contributed by atoms with Crippen LogP contribution in [0.4, 0.5) is 11.5 Å². The first-order valence-corrected chi connectivity index (χ1v) is 9.08. The Morgan fingerprint density at radius 3 is 2.95 bits per heavy atom. The topological polar surface area (TPSA) is 60.2 Å². The van der Waals surface area contributed by atoms with Gasteiger partial charge in [-0.05, 0) is 49.5 Å². The van der Waals surface area contributed by atoms with Gasteiger partial charge < -0.3 is 15.8 Å². The van der Waals surface area contributed by atoms with Crippen LogP contribution in [-0.2, 0) is 0 Å². The molecular formula is C16H25N3OS. The number of thioether (sulfide) groups is 1. The summed E-state index contributed by atoms with van der Waals surface area (Å²) in [6.45, 7) is 2.98. The Morgan fingerprint density at radius 2 is 2.19 bits per heavy atom. The van der Waals surface area contributed by atoms with E-state index in [1.807, 2.05) is 23.9 Å². The maximum Gasteiger partial charge on any atom is 0.239 e. The fraction of sp³-hybridized carbons (Fsp3) is 0.688. The molecule has 2 unspecified atom stereocenters. The summed E-state index contributed by atoms with van der Waals surface area (Å²) < 4.78 is 5.76. The quantitative estimate of drug-likeness (QED) is 0.807. The number of nitrogens with one attached hydrogen (secondary N) is 1. The standard InChI is InChI=1S/C16H25N3OS/c1-2-21-14-5-3-4-13(14)18-15-9-8-12(17)16(19-15)20-10-11-6-7-11/h8-9,11,13-14H,2-7,10,17H2,1H3,(H,18,19). The number of aromatic nitrogens is 1. The van der Waals surface area contributed by atoms with Crippen molar-refractivity contribution in [1.29, 1.82) is 0 Å². The first kappa shape index (κ1) is 14.8. The molecular weight excluding hydrogens is 282 g/mol. The van der Waals surface area contributed by atoms with E-state index in [1.54, 1.807) is 0 Å². The van der Waals surface area contributed by atoms with Crippen LogP contribution in [-0.4, -0.2) is 28.6 Å². The molecule has 0 bridgehead atoms. The molecule has 0 radical (unpaired) electrons. The van der Waals surface area contributed by atoms with Crippen molar-refractivity contribution >= 4 is 23.3 Å². The van der Waals surface area contributed by atoms with E-state index in [0.29, 0.717) is 28.8 Å². The Bertz CT molecular complexity index is 479. The normalized spacial score (nSPS) is 25.0. The molecule has 0 amide bonds. The van der Waals surface area contributed by atoms with Crippen LogP contribution in [0.1, 0.15) is 39.0 Å². The average Bonchev–Trinajstić information content (AvgIpc) is 3.21. The van der Waals surface area contributed by atoms with E-state index in [1.165, 1.54) is 37.9 Å². The van der Waals surface area contributed by atoms with Gasteiger partial charge in [-0.15, -0.1) is 0 Å². The molecule has 4 nitrogen and oxygen atoms in total. The lowest BCUT2D eigenvalue weighted by atomic mass is 10.2. The zero-order chi connectivity index (χ0) is 14.7. The van der Waals surface area contributed by atoms with Gasteiger partial charge in [0.2, 0.25) is 5.88 Å². The molecule has 2 atom stereocenters. The van der Waals surface area contributed by atoms with Crippen molar-refractivity contribution in [3.8, 4) is 5.88 Å². The summed E-state index contributed by atoms with van der Waals surface area (Å²) in [4.78, 5) is 4.56. The Morgan fingerprint density at radius 1 is 1.33 bits per heavy atom. The highest BCUT2D eigenvalue weighted by atomic mass is 32.2. The maximum atomic E-state index is 5.96. The van der Waals surface area contributed by atoms with E-state index in [4.69, 9.17) is 10.5 Å². The highest BCUT2D eigenvalue weighted by Gasteiger charge is 2.27. The average molecular weight is 307 g/mol. The smallest absolute Gasteiger partial charge is 0.239 e. The molecule has 2 aliphatic carbocycles. The number of anilines is 2. The second kappa shape index (κ2) is 6.77. The van der Waals surface area contributed by atoms with Crippen LogP contribution in [0.25, 0.3) is 0 Å². The number of pyridine rings is 1. The lowest BCUT2D eigenvalue weighted by molar-refractivity contribution is 0.290. The molecule has 21 heavy (non-hydrogen) atoms. The molecule has 2 fully saturated rings. The Kier molecular flexibility index (Phi) is 4.78. The Balaban J connectivity index is 1.62. The number of hydrogen-bond acceptors (Lipinski definition) is 5. The van der Waals surface area contributed by atoms with Gasteiger partial charge in [0.1, 0.15) is 5.82 Å². The third kappa shape index (κ3) is 3.96. The minimum Gasteiger partial charge on any atom is -0.476 e. The fourth-order valence-electron chi connectivity index (χ4n) is 2.82. The van der Waals surface area contributed by atoms with Crippen molar-refractivity contribution < 1.29 is 4.74 Å². The molecule has 0 aliphatic heterocycles. The van der Waals surface area contributed by atoms with Crippen molar-refractivity contribution in [3.63, 3.8) is 0 Å². The van der Waals surface area contributed by atoms with Gasteiger partial charge in [0.05, 0.1) is 12.3 Å². The Hall–Kier alpha value is -1.10. The number of nitrogen functional groups attached to an aromatic ring is 1. The van der Waals surface area contributed by atoms with Crippen LogP contribution < -0.4 is 15.8 Å². The predicted molar refractivity (Wildman–Crippen MR) is 90.1 cm³/mol. The van der Waals surface area contributed by atoms with Gasteiger partial charge in [-0.25, -0.2) is 0 Å². The van der Waals surface area contributed by atoms with Crippen LogP contribution in [0.15, 0.2) is 12.1 Å². The first-order chi connectivity index (χ1) is 10.3. The lowest BCUT2D eigenvalue weighted by Gasteiger charge is -2.21. The lowest BCUT2D eigenvalue weighted by Crippen LogP contribution is -2.26. The Labute approximate surface area is 131 Å². The van der Waals surface area contributed by atoms with Crippen molar-refractivity contribution in [1.82, 2.24) is 4.98 Å². The van der Waals surface area contributed by atoms with E-state index >= 15 is 0 Å². The number of nitrogens with zero attached hydrogens (tertiary/aromatic N) is 1. The van der Waals surface area contributed by atoms with Gasteiger partial charge in [0.25, 0.3) is 0 Å². The highest BCUT2D eigenvalue weighted by Crippen LogP contribution is 2.33. The summed E-state index contributed by atoms with van der Waals surface area (Å²) in [5.41, 5.74) is 6.59. The third-order valence-corrected chi connectivity index (χ3v) is 5.53. The van der Waals surface area contributed by atoms with Crippen LogP contribution >= 0.6 is 11.8 Å². The largest absolute Gasteiger partial charge is 0.476 e. The fourth-order valence-corrected chi connectivity index (χ4v) is 4.02. The molecule has 116 valence electrons. The van der Waals surface area contributed by atoms with Gasteiger partial charge in [-0.1, -0.05) is 13.3 Å². The number of hydrogen-bond donors (Lipinski definition) is 2. The van der Waals surface area contributed by atoms with Gasteiger partial charge in [-0.2, -0.15) is 16.7 Å². The second-order valence-electron chi connectivity index (χ2n) is 6.02. The summed E-state index contributed by atoms with van der Waals surface area (Å²) in [7, 11) is 0. The number of nitrogens with two attached hydrogens (primary N) is 1. The molecule has 3 N–H and O–H groups in total. The molecule has 1 heterocycles. The summed E-state index contributed by atoms with van der Waals surface area (Å²) in [5.74, 6) is 3.37. The van der Waals surface area contributed by atoms with Crippen LogP contribution in [0.3, 0.4) is 0 Å². The zero-order valence-electron chi connectivity index (χ0n) is 12.7. The summed E-state index contributed by atoms with van der Waals surface area (Å²) in [6, 6.07) is 4.38. The molecule has 0 aromatic carbocycles. The second-order valence-corrected chi connectivity index (χ2v) is 7.54. The van der Waals surface area contributed by atoms with Gasteiger partial charge >= 0.3 is 0 Å². The zero-order valence-corrected chi connectivity index (χ0v) is 13.5. The van der Waals surface area contributed by atoms with E-state index in [-0.39, 0.29) is 0 Å². The van der Waals surface area contributed by atoms with Crippen LogP contribution in [0.2, 0.25) is 0 Å². The van der Waals surface area contributed by atoms with Crippen molar-refractivity contribution in [3.05, 3.63) is 12.1 Å². The highest BCUT2D eigenvalue weighted by molar-refractivity contribution is 7.99. The predicted octanol–water partition coefficient (Wildman–Crippen LogP) is 3.54. The van der Waals surface area contributed by atoms with Gasteiger partial charge in [0.15, 0.2) is 0 Å². The van der Waals surface area contributed by atoms with Gasteiger partial charge in [-0.3, -0.25) is 0 Å². The molecule has 2 saturated carbocycles. The van der Waals surface area contributed by atoms with Crippen LogP contribution in [0.5, 0.6) is 5.88 Å². The van der Waals surface area contributed by atoms with E-state index < -0.39 is 0 Å². The molecule has 2 aliphatic rings. The monoisotopic (exact) mass is 307 g/mol.